The van der Waals surface area contributed by atoms with E-state index in [1.165, 1.54) is 6.07 Å². The van der Waals surface area contributed by atoms with Gasteiger partial charge in [-0.05, 0) is 36.6 Å². The van der Waals surface area contributed by atoms with Gasteiger partial charge in [-0.15, -0.1) is 0 Å². The van der Waals surface area contributed by atoms with E-state index >= 15 is 0 Å². The Morgan fingerprint density at radius 1 is 1.44 bits per heavy atom. The number of aromatic nitrogens is 1. The molecule has 1 aromatic heterocycles. The smallest absolute Gasteiger partial charge is 0.320 e. The van der Waals surface area contributed by atoms with Crippen LogP contribution in [0.4, 0.5) is 0 Å². The first-order valence-electron chi connectivity index (χ1n) is 5.58. The van der Waals surface area contributed by atoms with Crippen LogP contribution < -0.4 is 11.3 Å². The maximum absolute atomic E-state index is 11.3. The summed E-state index contributed by atoms with van der Waals surface area (Å²) in [5.41, 5.74) is 7.80. The number of hydrogen-bond donors (Lipinski definition) is 3. The van der Waals surface area contributed by atoms with Crippen LogP contribution >= 0.6 is 0 Å². The average molecular weight is 246 g/mol. The molecule has 0 aliphatic heterocycles. The number of benzene rings is 1. The van der Waals surface area contributed by atoms with Gasteiger partial charge in [0, 0.05) is 17.0 Å². The van der Waals surface area contributed by atoms with E-state index in [4.69, 9.17) is 10.8 Å². The Hall–Kier alpha value is -2.14. The second kappa shape index (κ2) is 4.62. The van der Waals surface area contributed by atoms with Gasteiger partial charge >= 0.3 is 5.97 Å². The lowest BCUT2D eigenvalue weighted by Gasteiger charge is -2.08. The zero-order valence-electron chi connectivity index (χ0n) is 9.93. The maximum Gasteiger partial charge on any atom is 0.320 e. The van der Waals surface area contributed by atoms with Crippen LogP contribution in [0, 0.1) is 6.92 Å². The highest BCUT2D eigenvalue weighted by molar-refractivity contribution is 5.82. The number of nitrogens with one attached hydrogen (secondary N) is 1. The molecule has 0 aliphatic rings. The Labute approximate surface area is 103 Å². The van der Waals surface area contributed by atoms with Crippen molar-refractivity contribution in [1.82, 2.24) is 4.98 Å². The maximum atomic E-state index is 11.3. The van der Waals surface area contributed by atoms with Gasteiger partial charge in [-0.1, -0.05) is 6.07 Å². The Balaban J connectivity index is 2.44. The van der Waals surface area contributed by atoms with Crippen molar-refractivity contribution >= 4 is 16.9 Å². The number of carboxylic acids is 1. The fraction of sp³-hybridized carbons (Fsp3) is 0.231. The van der Waals surface area contributed by atoms with E-state index in [9.17, 15) is 9.59 Å². The highest BCUT2D eigenvalue weighted by atomic mass is 16.4. The highest BCUT2D eigenvalue weighted by Crippen LogP contribution is 2.17. The van der Waals surface area contributed by atoms with Crippen molar-refractivity contribution in [2.75, 3.05) is 0 Å². The quantitative estimate of drug-likeness (QED) is 0.746. The Morgan fingerprint density at radius 3 is 2.83 bits per heavy atom. The number of carbonyl (C=O) groups is 1. The van der Waals surface area contributed by atoms with E-state index in [-0.39, 0.29) is 12.0 Å². The van der Waals surface area contributed by atoms with Crippen LogP contribution in [0.25, 0.3) is 10.9 Å². The number of pyridine rings is 1. The lowest BCUT2D eigenvalue weighted by molar-refractivity contribution is -0.138. The number of rotatable bonds is 3. The summed E-state index contributed by atoms with van der Waals surface area (Å²) >= 11 is 0. The summed E-state index contributed by atoms with van der Waals surface area (Å²) in [6.45, 7) is 1.85. The molecule has 2 rings (SSSR count). The summed E-state index contributed by atoms with van der Waals surface area (Å²) in [5.74, 6) is -1.02. The summed E-state index contributed by atoms with van der Waals surface area (Å²) in [7, 11) is 0. The van der Waals surface area contributed by atoms with Gasteiger partial charge in [-0.25, -0.2) is 0 Å². The molecule has 18 heavy (non-hydrogen) atoms. The predicted molar refractivity (Wildman–Crippen MR) is 68.6 cm³/mol. The molecule has 1 aromatic carbocycles. The standard InChI is InChI=1S/C13H14N2O3/c1-7-4-12(16)15-11-3-2-8(5-9(7)11)6-10(14)13(17)18/h2-5,10H,6,14H2,1H3,(H,15,16)(H,17,18)/t10-/m0/s1. The average Bonchev–Trinajstić information content (AvgIpc) is 2.29. The van der Waals surface area contributed by atoms with Crippen LogP contribution in [0.1, 0.15) is 11.1 Å². The first-order chi connectivity index (χ1) is 8.47. The molecule has 0 bridgehead atoms. The van der Waals surface area contributed by atoms with Gasteiger partial charge in [-0.2, -0.15) is 0 Å². The van der Waals surface area contributed by atoms with Gasteiger partial charge < -0.3 is 15.8 Å². The van der Waals surface area contributed by atoms with Crippen LogP contribution in [-0.4, -0.2) is 22.1 Å². The van der Waals surface area contributed by atoms with Gasteiger partial charge in [0.2, 0.25) is 5.56 Å². The SMILES string of the molecule is Cc1cc(=O)[nH]c2ccc(C[C@H](N)C(=O)O)cc12. The molecule has 1 heterocycles. The number of fused-ring (bicyclic) bond motifs is 1. The third kappa shape index (κ3) is 2.41. The number of aryl methyl sites for hydroxylation is 1. The first-order valence-corrected chi connectivity index (χ1v) is 5.58. The minimum atomic E-state index is -1.02. The Kier molecular flexibility index (Phi) is 3.16. The van der Waals surface area contributed by atoms with Crippen molar-refractivity contribution in [2.45, 2.75) is 19.4 Å². The highest BCUT2D eigenvalue weighted by Gasteiger charge is 2.12. The van der Waals surface area contributed by atoms with Crippen molar-refractivity contribution in [3.8, 4) is 0 Å². The second-order valence-electron chi connectivity index (χ2n) is 4.35. The fourth-order valence-corrected chi connectivity index (χ4v) is 1.94. The lowest BCUT2D eigenvalue weighted by Crippen LogP contribution is -2.32. The van der Waals surface area contributed by atoms with Crippen molar-refractivity contribution < 1.29 is 9.90 Å². The molecule has 0 saturated heterocycles. The zero-order valence-corrected chi connectivity index (χ0v) is 9.93. The predicted octanol–water partition coefficient (Wildman–Crippen LogP) is 0.791. The Morgan fingerprint density at radius 2 is 2.17 bits per heavy atom. The molecule has 0 amide bonds. The number of aliphatic carboxylic acids is 1. The molecular formula is C13H14N2O3. The van der Waals surface area contributed by atoms with Crippen molar-refractivity contribution in [2.24, 2.45) is 5.73 Å². The fourth-order valence-electron chi connectivity index (χ4n) is 1.94. The van der Waals surface area contributed by atoms with E-state index in [2.05, 4.69) is 4.98 Å². The van der Waals surface area contributed by atoms with Crippen LogP contribution in [0.3, 0.4) is 0 Å². The van der Waals surface area contributed by atoms with Crippen LogP contribution in [0.15, 0.2) is 29.1 Å². The van der Waals surface area contributed by atoms with Crippen LogP contribution in [0.2, 0.25) is 0 Å². The van der Waals surface area contributed by atoms with Crippen molar-refractivity contribution in [1.29, 1.82) is 0 Å². The minimum Gasteiger partial charge on any atom is -0.480 e. The third-order valence-electron chi connectivity index (χ3n) is 2.89. The number of aromatic amines is 1. The lowest BCUT2D eigenvalue weighted by atomic mass is 10.0. The van der Waals surface area contributed by atoms with Crippen LogP contribution in [-0.2, 0) is 11.2 Å². The molecular weight excluding hydrogens is 232 g/mol. The summed E-state index contributed by atoms with van der Waals surface area (Å²) < 4.78 is 0. The first kappa shape index (κ1) is 12.3. The topological polar surface area (TPSA) is 96.2 Å². The number of carboxylic acid groups (broad SMARTS) is 1. The molecule has 0 saturated carbocycles. The second-order valence-corrected chi connectivity index (χ2v) is 4.35. The molecule has 0 radical (unpaired) electrons. The molecule has 5 nitrogen and oxygen atoms in total. The molecule has 4 N–H and O–H groups in total. The van der Waals surface area contributed by atoms with Crippen molar-refractivity contribution in [3.63, 3.8) is 0 Å². The number of hydrogen-bond acceptors (Lipinski definition) is 3. The third-order valence-corrected chi connectivity index (χ3v) is 2.89. The van der Waals surface area contributed by atoms with E-state index in [0.717, 1.165) is 22.0 Å². The zero-order chi connectivity index (χ0) is 13.3. The summed E-state index contributed by atoms with van der Waals surface area (Å²) in [6, 6.07) is 6.02. The molecule has 1 atom stereocenters. The normalized spacial score (nSPS) is 12.6. The van der Waals surface area contributed by atoms with Gasteiger partial charge in [0.1, 0.15) is 6.04 Å². The molecule has 94 valence electrons. The Bertz CT molecular complexity index is 661. The molecule has 0 aliphatic carbocycles. The molecule has 2 aromatic rings. The molecule has 0 fully saturated rings. The van der Waals surface area contributed by atoms with E-state index in [1.807, 2.05) is 13.0 Å². The van der Waals surface area contributed by atoms with Gasteiger partial charge in [0.05, 0.1) is 0 Å². The molecule has 5 heteroatoms. The largest absolute Gasteiger partial charge is 0.480 e. The van der Waals surface area contributed by atoms with E-state index in [0.29, 0.717) is 0 Å². The van der Waals surface area contributed by atoms with E-state index in [1.54, 1.807) is 12.1 Å². The van der Waals surface area contributed by atoms with Gasteiger partial charge in [0.25, 0.3) is 0 Å². The summed E-state index contributed by atoms with van der Waals surface area (Å²) in [4.78, 5) is 24.7. The van der Waals surface area contributed by atoms with Crippen LogP contribution in [0.5, 0.6) is 0 Å². The summed E-state index contributed by atoms with van der Waals surface area (Å²) in [5, 5.41) is 9.68. The monoisotopic (exact) mass is 246 g/mol. The molecule has 0 spiro atoms. The molecule has 0 unspecified atom stereocenters. The summed E-state index contributed by atoms with van der Waals surface area (Å²) in [6.07, 6.45) is 0.268. The number of H-pyrrole nitrogens is 1. The van der Waals surface area contributed by atoms with Crippen molar-refractivity contribution in [3.05, 3.63) is 45.7 Å². The van der Waals surface area contributed by atoms with E-state index < -0.39 is 12.0 Å². The number of nitrogens with two attached hydrogens (primary N) is 1. The minimum absolute atomic E-state index is 0.144. The van der Waals surface area contributed by atoms with Gasteiger partial charge in [0.15, 0.2) is 0 Å². The van der Waals surface area contributed by atoms with Gasteiger partial charge in [-0.3, -0.25) is 9.59 Å².